The summed E-state index contributed by atoms with van der Waals surface area (Å²) in [5, 5.41) is 12.5. The van der Waals surface area contributed by atoms with Crippen molar-refractivity contribution in [3.63, 3.8) is 0 Å². The van der Waals surface area contributed by atoms with Gasteiger partial charge in [-0.25, -0.2) is 0 Å². The van der Waals surface area contributed by atoms with Crippen molar-refractivity contribution in [3.05, 3.63) is 0 Å². The van der Waals surface area contributed by atoms with Crippen LogP contribution in [0.2, 0.25) is 0 Å². The molecule has 0 heterocycles. The van der Waals surface area contributed by atoms with E-state index in [1.807, 2.05) is 13.8 Å². The largest absolute Gasteiger partial charge is 0.480 e. The van der Waals surface area contributed by atoms with E-state index in [-0.39, 0.29) is 5.92 Å². The predicted octanol–water partition coefficient (Wildman–Crippen LogP) is 2.51. The Morgan fingerprint density at radius 3 is 2.44 bits per heavy atom. The van der Waals surface area contributed by atoms with Crippen molar-refractivity contribution in [2.75, 3.05) is 0 Å². The standard InChI is InChI=1S/C13H25NO2/c1-5-10-6-7-11(9(10)4)14-12(8(2)3)13(15)16/h8-12,14H,5-7H2,1-4H3,(H,15,16). The fourth-order valence-corrected chi connectivity index (χ4v) is 2.84. The van der Waals surface area contributed by atoms with Crippen molar-refractivity contribution in [3.8, 4) is 0 Å². The third kappa shape index (κ3) is 2.97. The van der Waals surface area contributed by atoms with Gasteiger partial charge in [-0.1, -0.05) is 34.1 Å². The number of carbonyl (C=O) groups is 1. The summed E-state index contributed by atoms with van der Waals surface area (Å²) < 4.78 is 0. The molecule has 4 unspecified atom stereocenters. The highest BCUT2D eigenvalue weighted by atomic mass is 16.4. The molecule has 0 aromatic rings. The number of aliphatic carboxylic acids is 1. The summed E-state index contributed by atoms with van der Waals surface area (Å²) in [7, 11) is 0. The molecule has 1 saturated carbocycles. The van der Waals surface area contributed by atoms with Crippen molar-refractivity contribution in [2.24, 2.45) is 17.8 Å². The molecule has 0 amide bonds. The van der Waals surface area contributed by atoms with E-state index in [4.69, 9.17) is 5.11 Å². The Kier molecular flexibility index (Phi) is 4.78. The van der Waals surface area contributed by atoms with Gasteiger partial charge in [-0.2, -0.15) is 0 Å². The first-order chi connectivity index (χ1) is 7.47. The Morgan fingerprint density at radius 1 is 1.44 bits per heavy atom. The molecule has 0 saturated heterocycles. The van der Waals surface area contributed by atoms with E-state index in [1.165, 1.54) is 12.8 Å². The van der Waals surface area contributed by atoms with Gasteiger partial charge in [0.1, 0.15) is 6.04 Å². The van der Waals surface area contributed by atoms with Gasteiger partial charge in [0.15, 0.2) is 0 Å². The van der Waals surface area contributed by atoms with E-state index in [0.717, 1.165) is 12.3 Å². The monoisotopic (exact) mass is 227 g/mol. The van der Waals surface area contributed by atoms with Crippen LogP contribution >= 0.6 is 0 Å². The predicted molar refractivity (Wildman–Crippen MR) is 65.4 cm³/mol. The molecule has 0 radical (unpaired) electrons. The lowest BCUT2D eigenvalue weighted by atomic mass is 9.92. The SMILES string of the molecule is CCC1CCC(NC(C(=O)O)C(C)C)C1C. The van der Waals surface area contributed by atoms with Gasteiger partial charge in [0.2, 0.25) is 0 Å². The summed E-state index contributed by atoms with van der Waals surface area (Å²) in [5.74, 6) is 0.789. The maximum atomic E-state index is 11.1. The van der Waals surface area contributed by atoms with Crippen LogP contribution in [0, 0.1) is 17.8 Å². The Balaban J connectivity index is 2.56. The molecular weight excluding hydrogens is 202 g/mol. The van der Waals surface area contributed by atoms with E-state index in [1.54, 1.807) is 0 Å². The van der Waals surface area contributed by atoms with Crippen molar-refractivity contribution in [1.82, 2.24) is 5.32 Å². The van der Waals surface area contributed by atoms with Crippen LogP contribution in [0.4, 0.5) is 0 Å². The van der Waals surface area contributed by atoms with Crippen molar-refractivity contribution >= 4 is 5.97 Å². The lowest BCUT2D eigenvalue weighted by molar-refractivity contribution is -0.141. The molecular formula is C13H25NO2. The second kappa shape index (κ2) is 5.67. The number of hydrogen-bond donors (Lipinski definition) is 2. The van der Waals surface area contributed by atoms with E-state index in [9.17, 15) is 4.79 Å². The van der Waals surface area contributed by atoms with Crippen LogP contribution in [-0.4, -0.2) is 23.2 Å². The van der Waals surface area contributed by atoms with E-state index < -0.39 is 12.0 Å². The van der Waals surface area contributed by atoms with Crippen molar-refractivity contribution in [1.29, 1.82) is 0 Å². The molecule has 1 aliphatic rings. The Bertz CT molecular complexity index is 240. The zero-order chi connectivity index (χ0) is 12.3. The van der Waals surface area contributed by atoms with Gasteiger partial charge in [0, 0.05) is 6.04 Å². The maximum Gasteiger partial charge on any atom is 0.320 e. The molecule has 3 nitrogen and oxygen atoms in total. The fraction of sp³-hybridized carbons (Fsp3) is 0.923. The average molecular weight is 227 g/mol. The molecule has 0 bridgehead atoms. The van der Waals surface area contributed by atoms with E-state index in [2.05, 4.69) is 19.2 Å². The van der Waals surface area contributed by atoms with E-state index >= 15 is 0 Å². The molecule has 1 rings (SSSR count). The normalized spacial score (nSPS) is 31.9. The lowest BCUT2D eigenvalue weighted by Gasteiger charge is -2.26. The van der Waals surface area contributed by atoms with Gasteiger partial charge in [-0.05, 0) is 30.6 Å². The molecule has 0 aliphatic heterocycles. The maximum absolute atomic E-state index is 11.1. The van der Waals surface area contributed by atoms with Crippen LogP contribution < -0.4 is 5.32 Å². The van der Waals surface area contributed by atoms with Gasteiger partial charge < -0.3 is 10.4 Å². The third-order valence-electron chi connectivity index (χ3n) is 4.08. The summed E-state index contributed by atoms with van der Waals surface area (Å²) >= 11 is 0. The summed E-state index contributed by atoms with van der Waals surface area (Å²) in [4.78, 5) is 11.1. The summed E-state index contributed by atoms with van der Waals surface area (Å²) in [6.45, 7) is 8.39. The number of carboxylic acid groups (broad SMARTS) is 1. The third-order valence-corrected chi connectivity index (χ3v) is 4.08. The molecule has 1 aliphatic carbocycles. The Labute approximate surface area is 98.6 Å². The fourth-order valence-electron chi connectivity index (χ4n) is 2.84. The first kappa shape index (κ1) is 13.5. The molecule has 94 valence electrons. The number of rotatable bonds is 5. The van der Waals surface area contributed by atoms with Crippen LogP contribution in [0.1, 0.15) is 47.0 Å². The minimum absolute atomic E-state index is 0.144. The summed E-state index contributed by atoms with van der Waals surface area (Å²) in [5.41, 5.74) is 0. The lowest BCUT2D eigenvalue weighted by Crippen LogP contribution is -2.47. The first-order valence-electron chi connectivity index (χ1n) is 6.46. The molecule has 0 aromatic heterocycles. The minimum atomic E-state index is -0.720. The topological polar surface area (TPSA) is 49.3 Å². The smallest absolute Gasteiger partial charge is 0.320 e. The first-order valence-corrected chi connectivity index (χ1v) is 6.46. The minimum Gasteiger partial charge on any atom is -0.480 e. The second-order valence-electron chi connectivity index (χ2n) is 5.44. The molecule has 2 N–H and O–H groups in total. The van der Waals surface area contributed by atoms with Gasteiger partial charge >= 0.3 is 5.97 Å². The average Bonchev–Trinajstić information content (AvgIpc) is 2.54. The number of hydrogen-bond acceptors (Lipinski definition) is 2. The molecule has 16 heavy (non-hydrogen) atoms. The second-order valence-corrected chi connectivity index (χ2v) is 5.44. The highest BCUT2D eigenvalue weighted by Crippen LogP contribution is 2.34. The Morgan fingerprint density at radius 2 is 2.06 bits per heavy atom. The summed E-state index contributed by atoms with van der Waals surface area (Å²) in [6.07, 6.45) is 3.56. The van der Waals surface area contributed by atoms with Gasteiger partial charge in [-0.3, -0.25) is 4.79 Å². The van der Waals surface area contributed by atoms with Crippen molar-refractivity contribution < 1.29 is 9.90 Å². The molecule has 3 heteroatoms. The van der Waals surface area contributed by atoms with Gasteiger partial charge in [0.25, 0.3) is 0 Å². The van der Waals surface area contributed by atoms with Crippen LogP contribution in [0.25, 0.3) is 0 Å². The van der Waals surface area contributed by atoms with Gasteiger partial charge in [-0.15, -0.1) is 0 Å². The number of carboxylic acids is 1. The van der Waals surface area contributed by atoms with Crippen LogP contribution in [0.15, 0.2) is 0 Å². The van der Waals surface area contributed by atoms with Crippen LogP contribution in [0.3, 0.4) is 0 Å². The number of nitrogens with one attached hydrogen (secondary N) is 1. The summed E-state index contributed by atoms with van der Waals surface area (Å²) in [6, 6.07) is -0.0171. The quantitative estimate of drug-likeness (QED) is 0.758. The van der Waals surface area contributed by atoms with Gasteiger partial charge in [0.05, 0.1) is 0 Å². The Hall–Kier alpha value is -0.570. The van der Waals surface area contributed by atoms with Crippen molar-refractivity contribution in [2.45, 2.75) is 59.0 Å². The molecule has 1 fully saturated rings. The highest BCUT2D eigenvalue weighted by molar-refractivity contribution is 5.73. The highest BCUT2D eigenvalue weighted by Gasteiger charge is 2.34. The molecule has 0 spiro atoms. The van der Waals surface area contributed by atoms with Crippen LogP contribution in [-0.2, 0) is 4.79 Å². The molecule has 4 atom stereocenters. The zero-order valence-electron chi connectivity index (χ0n) is 10.9. The van der Waals surface area contributed by atoms with E-state index in [0.29, 0.717) is 12.0 Å². The zero-order valence-corrected chi connectivity index (χ0v) is 10.9. The van der Waals surface area contributed by atoms with Crippen LogP contribution in [0.5, 0.6) is 0 Å². The molecule has 0 aromatic carbocycles.